The summed E-state index contributed by atoms with van der Waals surface area (Å²) in [5.41, 5.74) is 1.50. The summed E-state index contributed by atoms with van der Waals surface area (Å²) in [6, 6.07) is 0. The van der Waals surface area contributed by atoms with Crippen molar-refractivity contribution in [2.75, 3.05) is 0 Å². The maximum Gasteiger partial charge on any atom is 0.155 e. The standard InChI is InChI=1S/C23H38O/c1-2-3-4-6-18-9-11-19(12-10-18)20-13-15-21(16-14-20)22-7-5-8-23(24)17-22/h17-21H,2-16H2,1H3. The number of unbranched alkanes of at least 4 members (excludes halogenated alkanes) is 2. The Morgan fingerprint density at radius 1 is 0.875 bits per heavy atom. The van der Waals surface area contributed by atoms with Crippen molar-refractivity contribution in [3.05, 3.63) is 11.6 Å². The third kappa shape index (κ3) is 4.96. The van der Waals surface area contributed by atoms with Gasteiger partial charge in [-0.15, -0.1) is 0 Å². The minimum Gasteiger partial charge on any atom is -0.295 e. The third-order valence-electron chi connectivity index (χ3n) is 7.31. The average Bonchev–Trinajstić information content (AvgIpc) is 2.63. The van der Waals surface area contributed by atoms with Gasteiger partial charge in [-0.1, -0.05) is 51.0 Å². The Kier molecular flexibility index (Phi) is 6.98. The molecule has 0 aromatic rings. The van der Waals surface area contributed by atoms with E-state index in [1.54, 1.807) is 0 Å². The lowest BCUT2D eigenvalue weighted by molar-refractivity contribution is -0.115. The zero-order valence-electron chi connectivity index (χ0n) is 15.9. The van der Waals surface area contributed by atoms with E-state index >= 15 is 0 Å². The van der Waals surface area contributed by atoms with Gasteiger partial charge in [0.1, 0.15) is 0 Å². The lowest BCUT2D eigenvalue weighted by Crippen LogP contribution is -2.26. The topological polar surface area (TPSA) is 17.1 Å². The first-order valence-corrected chi connectivity index (χ1v) is 11.0. The van der Waals surface area contributed by atoms with Gasteiger partial charge >= 0.3 is 0 Å². The summed E-state index contributed by atoms with van der Waals surface area (Å²) in [7, 11) is 0. The number of carbonyl (C=O) groups is 1. The molecule has 2 saturated carbocycles. The van der Waals surface area contributed by atoms with Crippen molar-refractivity contribution < 1.29 is 4.79 Å². The first-order chi connectivity index (χ1) is 11.8. The molecule has 136 valence electrons. The minimum absolute atomic E-state index is 0.389. The van der Waals surface area contributed by atoms with Crippen LogP contribution < -0.4 is 0 Å². The number of allylic oxidation sites excluding steroid dienone is 2. The Labute approximate surface area is 149 Å². The maximum absolute atomic E-state index is 11.7. The zero-order valence-corrected chi connectivity index (χ0v) is 15.9. The fourth-order valence-corrected chi connectivity index (χ4v) is 5.73. The molecule has 3 rings (SSSR count). The molecule has 0 atom stereocenters. The van der Waals surface area contributed by atoms with Gasteiger partial charge in [0.15, 0.2) is 5.78 Å². The van der Waals surface area contributed by atoms with E-state index in [1.807, 2.05) is 6.08 Å². The van der Waals surface area contributed by atoms with Crippen molar-refractivity contribution in [3.63, 3.8) is 0 Å². The van der Waals surface area contributed by atoms with E-state index in [-0.39, 0.29) is 0 Å². The van der Waals surface area contributed by atoms with Crippen molar-refractivity contribution in [1.29, 1.82) is 0 Å². The highest BCUT2D eigenvalue weighted by atomic mass is 16.1. The van der Waals surface area contributed by atoms with Crippen LogP contribution in [0, 0.1) is 23.7 Å². The Morgan fingerprint density at radius 2 is 1.54 bits per heavy atom. The van der Waals surface area contributed by atoms with E-state index in [9.17, 15) is 4.79 Å². The zero-order chi connectivity index (χ0) is 16.8. The molecule has 1 heteroatoms. The predicted molar refractivity (Wildman–Crippen MR) is 102 cm³/mol. The summed E-state index contributed by atoms with van der Waals surface area (Å²) in [6.07, 6.45) is 22.5. The highest BCUT2D eigenvalue weighted by molar-refractivity contribution is 5.91. The van der Waals surface area contributed by atoms with Gasteiger partial charge < -0.3 is 0 Å². The summed E-state index contributed by atoms with van der Waals surface area (Å²) in [5.74, 6) is 4.20. The molecule has 24 heavy (non-hydrogen) atoms. The second-order valence-electron chi connectivity index (χ2n) is 8.93. The molecule has 1 nitrogen and oxygen atoms in total. The number of rotatable bonds is 6. The molecule has 0 aromatic heterocycles. The van der Waals surface area contributed by atoms with E-state index < -0.39 is 0 Å². The van der Waals surface area contributed by atoms with Crippen LogP contribution in [0.1, 0.15) is 103 Å². The smallest absolute Gasteiger partial charge is 0.155 e. The highest BCUT2D eigenvalue weighted by Crippen LogP contribution is 2.44. The fourth-order valence-electron chi connectivity index (χ4n) is 5.73. The van der Waals surface area contributed by atoms with E-state index in [2.05, 4.69) is 6.92 Å². The summed E-state index contributed by atoms with van der Waals surface area (Å²) in [4.78, 5) is 11.7. The van der Waals surface area contributed by atoms with Gasteiger partial charge in [-0.2, -0.15) is 0 Å². The third-order valence-corrected chi connectivity index (χ3v) is 7.31. The summed E-state index contributed by atoms with van der Waals surface area (Å²) >= 11 is 0. The number of carbonyl (C=O) groups excluding carboxylic acids is 1. The summed E-state index contributed by atoms with van der Waals surface area (Å²) < 4.78 is 0. The van der Waals surface area contributed by atoms with Gasteiger partial charge in [0.25, 0.3) is 0 Å². The molecular formula is C23H38O. The SMILES string of the molecule is CCCCCC1CCC(C2CCC(C3=CC(=O)CCC3)CC2)CC1. The van der Waals surface area contributed by atoms with Gasteiger partial charge in [-0.05, 0) is 81.1 Å². The molecule has 0 N–H and O–H groups in total. The molecule has 0 spiro atoms. The number of hydrogen-bond donors (Lipinski definition) is 0. The Bertz CT molecular complexity index is 419. The molecule has 0 aromatic carbocycles. The van der Waals surface area contributed by atoms with Crippen LogP contribution in [0.4, 0.5) is 0 Å². The van der Waals surface area contributed by atoms with Gasteiger partial charge in [0.05, 0.1) is 0 Å². The first-order valence-electron chi connectivity index (χ1n) is 11.0. The van der Waals surface area contributed by atoms with Gasteiger partial charge in [0.2, 0.25) is 0 Å². The molecule has 0 bridgehead atoms. The highest BCUT2D eigenvalue weighted by Gasteiger charge is 2.32. The largest absolute Gasteiger partial charge is 0.295 e. The molecule has 3 aliphatic carbocycles. The molecule has 0 heterocycles. The van der Waals surface area contributed by atoms with Crippen molar-refractivity contribution in [3.8, 4) is 0 Å². The Balaban J connectivity index is 1.39. The second kappa shape index (κ2) is 9.20. The quantitative estimate of drug-likeness (QED) is 0.486. The summed E-state index contributed by atoms with van der Waals surface area (Å²) in [6.45, 7) is 2.31. The van der Waals surface area contributed by atoms with Crippen LogP contribution in [0.15, 0.2) is 11.6 Å². The predicted octanol–water partition coefficient (Wildman–Crippen LogP) is 6.86. The van der Waals surface area contributed by atoms with E-state index in [4.69, 9.17) is 0 Å². The minimum atomic E-state index is 0.389. The Hall–Kier alpha value is -0.590. The molecule has 0 saturated heterocycles. The van der Waals surface area contributed by atoms with Crippen LogP contribution in [-0.2, 0) is 4.79 Å². The monoisotopic (exact) mass is 330 g/mol. The van der Waals surface area contributed by atoms with E-state index in [0.29, 0.717) is 5.78 Å². The van der Waals surface area contributed by atoms with Crippen LogP contribution in [0.25, 0.3) is 0 Å². The normalized spacial score (nSPS) is 34.9. The van der Waals surface area contributed by atoms with Crippen LogP contribution in [0.2, 0.25) is 0 Å². The van der Waals surface area contributed by atoms with Gasteiger partial charge in [-0.3, -0.25) is 4.79 Å². The molecular weight excluding hydrogens is 292 g/mol. The summed E-state index contributed by atoms with van der Waals surface area (Å²) in [5, 5.41) is 0. The van der Waals surface area contributed by atoms with Crippen molar-refractivity contribution in [2.45, 2.75) is 103 Å². The van der Waals surface area contributed by atoms with Gasteiger partial charge in [-0.25, -0.2) is 0 Å². The van der Waals surface area contributed by atoms with E-state index in [0.717, 1.165) is 36.5 Å². The molecule has 0 unspecified atom stereocenters. The first kappa shape index (κ1) is 18.2. The fraction of sp³-hybridized carbons (Fsp3) is 0.870. The molecule has 0 radical (unpaired) electrons. The second-order valence-corrected chi connectivity index (χ2v) is 8.93. The molecule has 3 aliphatic rings. The van der Waals surface area contributed by atoms with Gasteiger partial charge in [0, 0.05) is 6.42 Å². The van der Waals surface area contributed by atoms with Crippen LogP contribution in [0.3, 0.4) is 0 Å². The maximum atomic E-state index is 11.7. The lowest BCUT2D eigenvalue weighted by Gasteiger charge is -2.38. The van der Waals surface area contributed by atoms with Crippen LogP contribution in [-0.4, -0.2) is 5.78 Å². The Morgan fingerprint density at radius 3 is 2.17 bits per heavy atom. The molecule has 0 aliphatic heterocycles. The lowest BCUT2D eigenvalue weighted by atomic mass is 9.67. The van der Waals surface area contributed by atoms with Crippen molar-refractivity contribution in [1.82, 2.24) is 0 Å². The number of ketones is 1. The van der Waals surface area contributed by atoms with Crippen LogP contribution in [0.5, 0.6) is 0 Å². The average molecular weight is 331 g/mol. The van der Waals surface area contributed by atoms with E-state index in [1.165, 1.54) is 89.0 Å². The van der Waals surface area contributed by atoms with Crippen molar-refractivity contribution in [2.24, 2.45) is 23.7 Å². The molecule has 0 amide bonds. The number of hydrogen-bond acceptors (Lipinski definition) is 1. The van der Waals surface area contributed by atoms with Crippen molar-refractivity contribution >= 4 is 5.78 Å². The van der Waals surface area contributed by atoms with Crippen LogP contribution >= 0.6 is 0 Å². The molecule has 2 fully saturated rings.